The van der Waals surface area contributed by atoms with Gasteiger partial charge in [-0.1, -0.05) is 32.0 Å². The van der Waals surface area contributed by atoms with Crippen LogP contribution in [0.3, 0.4) is 0 Å². The number of para-hydroxylation sites is 1. The standard InChI is InChI=1S/C23H29N5O/c1-5-12-28(3)23-11-10-18(15-25-23)20-13-22(27-16-26-20)24-14-17(2)19-8-6-7-9-21(19)29-4/h6-11,13,15-17H,5,12,14H2,1-4H3,(H,24,26,27). The molecule has 6 nitrogen and oxygen atoms in total. The summed E-state index contributed by atoms with van der Waals surface area (Å²) in [6.07, 6.45) is 4.54. The van der Waals surface area contributed by atoms with Crippen molar-refractivity contribution in [3.05, 3.63) is 60.6 Å². The highest BCUT2D eigenvalue weighted by Gasteiger charge is 2.11. The average Bonchev–Trinajstić information content (AvgIpc) is 2.78. The molecule has 1 aromatic carbocycles. The molecule has 1 N–H and O–H groups in total. The molecule has 0 bridgehead atoms. The van der Waals surface area contributed by atoms with Crippen LogP contribution < -0.4 is 15.0 Å². The SMILES string of the molecule is CCCN(C)c1ccc(-c2cc(NCC(C)c3ccccc3OC)ncn2)cn1. The predicted molar refractivity (Wildman–Crippen MR) is 119 cm³/mol. The first-order valence-electron chi connectivity index (χ1n) is 9.98. The Bertz CT molecular complexity index is 913. The van der Waals surface area contributed by atoms with E-state index in [-0.39, 0.29) is 5.92 Å². The first kappa shape index (κ1) is 20.6. The van der Waals surface area contributed by atoms with Crippen molar-refractivity contribution in [2.45, 2.75) is 26.2 Å². The summed E-state index contributed by atoms with van der Waals surface area (Å²) in [5.74, 6) is 2.95. The second-order valence-electron chi connectivity index (χ2n) is 7.14. The largest absolute Gasteiger partial charge is 0.496 e. The summed E-state index contributed by atoms with van der Waals surface area (Å²) >= 11 is 0. The van der Waals surface area contributed by atoms with E-state index in [4.69, 9.17) is 4.74 Å². The van der Waals surface area contributed by atoms with Crippen molar-refractivity contribution in [3.8, 4) is 17.0 Å². The van der Waals surface area contributed by atoms with Crippen LogP contribution in [0.5, 0.6) is 5.75 Å². The van der Waals surface area contributed by atoms with Crippen LogP contribution in [0.1, 0.15) is 31.7 Å². The third kappa shape index (κ3) is 5.22. The number of pyridine rings is 1. The van der Waals surface area contributed by atoms with Gasteiger partial charge in [0.05, 0.1) is 12.8 Å². The maximum Gasteiger partial charge on any atom is 0.129 e. The zero-order chi connectivity index (χ0) is 20.6. The van der Waals surface area contributed by atoms with Gasteiger partial charge in [0.1, 0.15) is 23.7 Å². The maximum atomic E-state index is 5.47. The van der Waals surface area contributed by atoms with Gasteiger partial charge in [-0.2, -0.15) is 0 Å². The molecular weight excluding hydrogens is 362 g/mol. The van der Waals surface area contributed by atoms with Gasteiger partial charge < -0.3 is 15.0 Å². The summed E-state index contributed by atoms with van der Waals surface area (Å²) in [5.41, 5.74) is 3.00. The van der Waals surface area contributed by atoms with Crippen LogP contribution in [-0.4, -0.2) is 42.2 Å². The van der Waals surface area contributed by atoms with E-state index in [0.717, 1.165) is 48.2 Å². The van der Waals surface area contributed by atoms with E-state index in [1.807, 2.05) is 36.5 Å². The molecule has 3 rings (SSSR count). The van der Waals surface area contributed by atoms with Gasteiger partial charge >= 0.3 is 0 Å². The molecule has 0 spiro atoms. The third-order valence-electron chi connectivity index (χ3n) is 4.92. The Labute approximate surface area is 173 Å². The number of nitrogens with zero attached hydrogens (tertiary/aromatic N) is 4. The van der Waals surface area contributed by atoms with Crippen molar-refractivity contribution >= 4 is 11.6 Å². The third-order valence-corrected chi connectivity index (χ3v) is 4.92. The van der Waals surface area contributed by atoms with Gasteiger partial charge in [0.25, 0.3) is 0 Å². The first-order chi connectivity index (χ1) is 14.1. The summed E-state index contributed by atoms with van der Waals surface area (Å²) in [4.78, 5) is 15.5. The van der Waals surface area contributed by atoms with Crippen molar-refractivity contribution in [1.29, 1.82) is 0 Å². The molecule has 0 radical (unpaired) electrons. The minimum atomic E-state index is 0.277. The highest BCUT2D eigenvalue weighted by atomic mass is 16.5. The van der Waals surface area contributed by atoms with E-state index in [1.54, 1.807) is 13.4 Å². The minimum Gasteiger partial charge on any atom is -0.496 e. The Morgan fingerprint density at radius 3 is 2.66 bits per heavy atom. The van der Waals surface area contributed by atoms with Gasteiger partial charge in [0.15, 0.2) is 0 Å². The van der Waals surface area contributed by atoms with Gasteiger partial charge in [-0.25, -0.2) is 15.0 Å². The fourth-order valence-electron chi connectivity index (χ4n) is 3.27. The van der Waals surface area contributed by atoms with Crippen LogP contribution >= 0.6 is 0 Å². The number of hydrogen-bond donors (Lipinski definition) is 1. The van der Waals surface area contributed by atoms with Crippen molar-refractivity contribution in [2.24, 2.45) is 0 Å². The van der Waals surface area contributed by atoms with E-state index >= 15 is 0 Å². The fraction of sp³-hybridized carbons (Fsp3) is 0.348. The average molecular weight is 392 g/mol. The predicted octanol–water partition coefficient (Wildman–Crippen LogP) is 4.61. The smallest absolute Gasteiger partial charge is 0.129 e. The van der Waals surface area contributed by atoms with Crippen LogP contribution in [0, 0.1) is 0 Å². The molecule has 0 saturated heterocycles. The molecule has 0 amide bonds. The van der Waals surface area contributed by atoms with Gasteiger partial charge in [-0.3, -0.25) is 0 Å². The lowest BCUT2D eigenvalue weighted by Gasteiger charge is -2.17. The summed E-state index contributed by atoms with van der Waals surface area (Å²) < 4.78 is 5.47. The van der Waals surface area contributed by atoms with Gasteiger partial charge in [0.2, 0.25) is 0 Å². The Kier molecular flexibility index (Phi) is 7.00. The number of aromatic nitrogens is 3. The Morgan fingerprint density at radius 2 is 1.93 bits per heavy atom. The lowest BCUT2D eigenvalue weighted by Crippen LogP contribution is -2.18. The van der Waals surface area contributed by atoms with Crippen molar-refractivity contribution in [3.63, 3.8) is 0 Å². The summed E-state index contributed by atoms with van der Waals surface area (Å²) in [6, 6.07) is 14.1. The second-order valence-corrected chi connectivity index (χ2v) is 7.14. The van der Waals surface area contributed by atoms with E-state index in [9.17, 15) is 0 Å². The monoisotopic (exact) mass is 391 g/mol. The maximum absolute atomic E-state index is 5.47. The number of nitrogens with one attached hydrogen (secondary N) is 1. The first-order valence-corrected chi connectivity index (χ1v) is 9.98. The lowest BCUT2D eigenvalue weighted by atomic mass is 10.00. The second kappa shape index (κ2) is 9.87. The molecule has 0 saturated carbocycles. The van der Waals surface area contributed by atoms with Crippen molar-refractivity contribution < 1.29 is 4.74 Å². The molecule has 0 aliphatic rings. The van der Waals surface area contributed by atoms with Crippen LogP contribution in [-0.2, 0) is 0 Å². The summed E-state index contributed by atoms with van der Waals surface area (Å²) in [6.45, 7) is 6.06. The number of rotatable bonds is 9. The van der Waals surface area contributed by atoms with Gasteiger partial charge in [0, 0.05) is 43.9 Å². The Hall–Kier alpha value is -3.15. The van der Waals surface area contributed by atoms with E-state index in [1.165, 1.54) is 5.56 Å². The van der Waals surface area contributed by atoms with Crippen LogP contribution in [0.4, 0.5) is 11.6 Å². The van der Waals surface area contributed by atoms with Crippen molar-refractivity contribution in [1.82, 2.24) is 15.0 Å². The molecule has 1 unspecified atom stereocenters. The van der Waals surface area contributed by atoms with E-state index in [0.29, 0.717) is 0 Å². The molecule has 6 heteroatoms. The molecule has 3 aromatic rings. The lowest BCUT2D eigenvalue weighted by molar-refractivity contribution is 0.407. The fourth-order valence-corrected chi connectivity index (χ4v) is 3.27. The highest BCUT2D eigenvalue weighted by Crippen LogP contribution is 2.26. The number of methoxy groups -OCH3 is 1. The van der Waals surface area contributed by atoms with Crippen molar-refractivity contribution in [2.75, 3.05) is 37.5 Å². The zero-order valence-corrected chi connectivity index (χ0v) is 17.6. The molecular formula is C23H29N5O. The van der Waals surface area contributed by atoms with E-state index < -0.39 is 0 Å². The normalized spacial score (nSPS) is 11.7. The molecule has 2 heterocycles. The number of ether oxygens (including phenoxy) is 1. The molecule has 2 aromatic heterocycles. The zero-order valence-electron chi connectivity index (χ0n) is 17.6. The molecule has 0 aliphatic heterocycles. The molecule has 0 fully saturated rings. The van der Waals surface area contributed by atoms with Crippen LogP contribution in [0.2, 0.25) is 0 Å². The van der Waals surface area contributed by atoms with E-state index in [2.05, 4.69) is 58.2 Å². The molecule has 152 valence electrons. The van der Waals surface area contributed by atoms with Gasteiger partial charge in [-0.15, -0.1) is 0 Å². The topological polar surface area (TPSA) is 63.2 Å². The van der Waals surface area contributed by atoms with Crippen LogP contribution in [0.15, 0.2) is 55.0 Å². The Morgan fingerprint density at radius 1 is 1.10 bits per heavy atom. The summed E-state index contributed by atoms with van der Waals surface area (Å²) in [7, 11) is 3.76. The number of anilines is 2. The molecule has 1 atom stereocenters. The minimum absolute atomic E-state index is 0.277. The molecule has 29 heavy (non-hydrogen) atoms. The molecule has 0 aliphatic carbocycles. The van der Waals surface area contributed by atoms with Crippen LogP contribution in [0.25, 0.3) is 11.3 Å². The van der Waals surface area contributed by atoms with Gasteiger partial charge in [-0.05, 0) is 30.2 Å². The quantitative estimate of drug-likeness (QED) is 0.575. The Balaban J connectivity index is 1.68. The summed E-state index contributed by atoms with van der Waals surface area (Å²) in [5, 5.41) is 3.42. The number of hydrogen-bond acceptors (Lipinski definition) is 6. The highest BCUT2D eigenvalue weighted by molar-refractivity contribution is 5.62. The number of benzene rings is 1.